The minimum atomic E-state index is -0.180. The van der Waals surface area contributed by atoms with Crippen LogP contribution < -0.4 is 10.9 Å². The van der Waals surface area contributed by atoms with E-state index in [9.17, 15) is 4.79 Å². The molecule has 0 saturated carbocycles. The van der Waals surface area contributed by atoms with Crippen LogP contribution in [0, 0.1) is 6.92 Å². The molecule has 1 atom stereocenters. The summed E-state index contributed by atoms with van der Waals surface area (Å²) < 4.78 is 5.94. The van der Waals surface area contributed by atoms with Crippen molar-refractivity contribution in [3.05, 3.63) is 82.2 Å². The van der Waals surface area contributed by atoms with E-state index in [1.54, 1.807) is 12.4 Å². The Morgan fingerprint density at radius 2 is 1.96 bits per heavy atom. The quantitative estimate of drug-likeness (QED) is 0.566. The van der Waals surface area contributed by atoms with Gasteiger partial charge in [0.1, 0.15) is 17.2 Å². The highest BCUT2D eigenvalue weighted by Gasteiger charge is 2.14. The minimum absolute atomic E-state index is 0.111. The second-order valence-electron chi connectivity index (χ2n) is 6.50. The van der Waals surface area contributed by atoms with Gasteiger partial charge in [0.2, 0.25) is 0 Å². The van der Waals surface area contributed by atoms with Crippen molar-refractivity contribution < 1.29 is 4.42 Å². The molecule has 4 rings (SSSR count). The second-order valence-corrected chi connectivity index (χ2v) is 6.50. The van der Waals surface area contributed by atoms with E-state index in [2.05, 4.69) is 33.3 Å². The summed E-state index contributed by atoms with van der Waals surface area (Å²) in [7, 11) is 0. The molecule has 0 aliphatic heterocycles. The van der Waals surface area contributed by atoms with E-state index in [1.165, 1.54) is 6.07 Å². The van der Waals surface area contributed by atoms with Gasteiger partial charge in [-0.1, -0.05) is 18.2 Å². The predicted octanol–water partition coefficient (Wildman–Crippen LogP) is 3.74. The van der Waals surface area contributed by atoms with E-state index in [0.29, 0.717) is 18.1 Å². The fourth-order valence-electron chi connectivity index (χ4n) is 3.09. The molecule has 136 valence electrons. The molecule has 0 aliphatic carbocycles. The van der Waals surface area contributed by atoms with Gasteiger partial charge in [-0.3, -0.25) is 9.78 Å². The Morgan fingerprint density at radius 3 is 2.74 bits per heavy atom. The second kappa shape index (κ2) is 7.17. The molecule has 0 fully saturated rings. The van der Waals surface area contributed by atoms with Crippen LogP contribution in [-0.4, -0.2) is 15.0 Å². The van der Waals surface area contributed by atoms with Crippen LogP contribution >= 0.6 is 0 Å². The summed E-state index contributed by atoms with van der Waals surface area (Å²) in [4.78, 5) is 23.5. The van der Waals surface area contributed by atoms with Gasteiger partial charge in [-0.05, 0) is 37.6 Å². The monoisotopic (exact) mass is 360 g/mol. The zero-order valence-corrected chi connectivity index (χ0v) is 15.2. The van der Waals surface area contributed by atoms with Crippen LogP contribution in [0.25, 0.3) is 22.4 Å². The van der Waals surface area contributed by atoms with Gasteiger partial charge < -0.3 is 14.7 Å². The lowest BCUT2D eigenvalue weighted by Gasteiger charge is -2.13. The number of para-hydroxylation sites is 1. The maximum atomic E-state index is 12.1. The summed E-state index contributed by atoms with van der Waals surface area (Å²) >= 11 is 0. The van der Waals surface area contributed by atoms with Crippen LogP contribution in [0.5, 0.6) is 0 Å². The number of furan rings is 1. The molecule has 4 aromatic rings. The highest BCUT2D eigenvalue weighted by molar-refractivity contribution is 5.81. The van der Waals surface area contributed by atoms with Crippen molar-refractivity contribution in [3.63, 3.8) is 0 Å². The Balaban J connectivity index is 1.56. The third kappa shape index (κ3) is 3.52. The average molecular weight is 360 g/mol. The first kappa shape index (κ1) is 17.2. The molecule has 2 N–H and O–H groups in total. The first-order valence-electron chi connectivity index (χ1n) is 8.84. The molecule has 1 unspecified atom stereocenters. The van der Waals surface area contributed by atoms with Gasteiger partial charge in [0.25, 0.3) is 5.56 Å². The first-order valence-corrected chi connectivity index (χ1v) is 8.84. The fourth-order valence-corrected chi connectivity index (χ4v) is 3.09. The number of hydrogen-bond acceptors (Lipinski definition) is 5. The van der Waals surface area contributed by atoms with Crippen molar-refractivity contribution in [1.29, 1.82) is 0 Å². The van der Waals surface area contributed by atoms with E-state index in [1.807, 2.05) is 37.3 Å². The summed E-state index contributed by atoms with van der Waals surface area (Å²) in [5.41, 5.74) is 3.33. The van der Waals surface area contributed by atoms with E-state index >= 15 is 0 Å². The number of fused-ring (bicyclic) bond motifs is 1. The summed E-state index contributed by atoms with van der Waals surface area (Å²) in [6.07, 6.45) is 3.35. The molecular weight excluding hydrogens is 340 g/mol. The maximum absolute atomic E-state index is 12.1. The molecule has 0 amide bonds. The third-order valence-electron chi connectivity index (χ3n) is 4.67. The summed E-state index contributed by atoms with van der Waals surface area (Å²) in [6, 6.07) is 13.0. The van der Waals surface area contributed by atoms with Gasteiger partial charge in [0.15, 0.2) is 0 Å². The lowest BCUT2D eigenvalue weighted by atomic mass is 10.1. The van der Waals surface area contributed by atoms with Gasteiger partial charge >= 0.3 is 0 Å². The van der Waals surface area contributed by atoms with Crippen LogP contribution in [0.2, 0.25) is 0 Å². The lowest BCUT2D eigenvalue weighted by molar-refractivity contribution is 0.475. The molecule has 3 aromatic heterocycles. The smallest absolute Gasteiger partial charge is 0.251 e. The van der Waals surface area contributed by atoms with E-state index in [0.717, 1.165) is 27.9 Å². The molecule has 0 radical (unpaired) electrons. The van der Waals surface area contributed by atoms with Crippen molar-refractivity contribution >= 4 is 11.0 Å². The number of aromatic amines is 1. The van der Waals surface area contributed by atoms with E-state index < -0.39 is 0 Å². The normalized spacial score (nSPS) is 12.4. The SMILES string of the molecule is Cc1c(CNC(C)c2cc(=O)[nH]c(-c3ccncc3)n2)oc2ccccc12. The molecule has 27 heavy (non-hydrogen) atoms. The zero-order valence-electron chi connectivity index (χ0n) is 15.2. The molecule has 0 spiro atoms. The topological polar surface area (TPSA) is 83.8 Å². The number of rotatable bonds is 5. The van der Waals surface area contributed by atoms with Gasteiger partial charge in [-0.2, -0.15) is 0 Å². The Kier molecular flexibility index (Phi) is 4.56. The number of aromatic nitrogens is 3. The van der Waals surface area contributed by atoms with Crippen molar-refractivity contribution in [2.75, 3.05) is 0 Å². The van der Waals surface area contributed by atoms with Crippen molar-refractivity contribution in [2.24, 2.45) is 0 Å². The van der Waals surface area contributed by atoms with E-state index in [4.69, 9.17) is 4.42 Å². The number of benzene rings is 1. The van der Waals surface area contributed by atoms with E-state index in [-0.39, 0.29) is 11.6 Å². The van der Waals surface area contributed by atoms with Crippen LogP contribution in [0.1, 0.15) is 30.0 Å². The number of hydrogen-bond donors (Lipinski definition) is 2. The summed E-state index contributed by atoms with van der Waals surface area (Å²) in [5, 5.41) is 4.52. The standard InChI is InChI=1S/C21H20N4O2/c1-13-16-5-3-4-6-18(16)27-19(13)12-23-14(2)17-11-20(26)25-21(24-17)15-7-9-22-10-8-15/h3-11,14,23H,12H2,1-2H3,(H,24,25,26). The molecule has 1 aromatic carbocycles. The van der Waals surface area contributed by atoms with Crippen molar-refractivity contribution in [2.45, 2.75) is 26.4 Å². The fraction of sp³-hybridized carbons (Fsp3) is 0.190. The maximum Gasteiger partial charge on any atom is 0.251 e. The molecular formula is C21H20N4O2. The highest BCUT2D eigenvalue weighted by Crippen LogP contribution is 2.25. The molecule has 6 nitrogen and oxygen atoms in total. The summed E-state index contributed by atoms with van der Waals surface area (Å²) in [6.45, 7) is 4.59. The Morgan fingerprint density at radius 1 is 1.19 bits per heavy atom. The van der Waals surface area contributed by atoms with Gasteiger partial charge in [0.05, 0.1) is 12.2 Å². The van der Waals surface area contributed by atoms with Crippen molar-refractivity contribution in [3.8, 4) is 11.4 Å². The van der Waals surface area contributed by atoms with Crippen LogP contribution in [0.4, 0.5) is 0 Å². The van der Waals surface area contributed by atoms with Gasteiger partial charge in [0, 0.05) is 35.5 Å². The van der Waals surface area contributed by atoms with Crippen LogP contribution in [0.3, 0.4) is 0 Å². The minimum Gasteiger partial charge on any atom is -0.459 e. The number of aryl methyl sites for hydroxylation is 1. The Bertz CT molecular complexity index is 1130. The number of nitrogens with one attached hydrogen (secondary N) is 2. The third-order valence-corrected chi connectivity index (χ3v) is 4.67. The number of nitrogens with zero attached hydrogens (tertiary/aromatic N) is 2. The highest BCUT2D eigenvalue weighted by atomic mass is 16.3. The molecule has 0 bridgehead atoms. The Labute approximate surface area is 156 Å². The summed E-state index contributed by atoms with van der Waals surface area (Å²) in [5.74, 6) is 1.43. The van der Waals surface area contributed by atoms with Gasteiger partial charge in [-0.25, -0.2) is 4.98 Å². The molecule has 6 heteroatoms. The molecule has 0 saturated heterocycles. The van der Waals surface area contributed by atoms with Crippen LogP contribution in [0.15, 0.2) is 64.1 Å². The van der Waals surface area contributed by atoms with Gasteiger partial charge in [-0.15, -0.1) is 0 Å². The lowest BCUT2D eigenvalue weighted by Crippen LogP contribution is -2.22. The first-order chi connectivity index (χ1) is 13.1. The number of H-pyrrole nitrogens is 1. The largest absolute Gasteiger partial charge is 0.459 e. The average Bonchev–Trinajstić information content (AvgIpc) is 3.02. The zero-order chi connectivity index (χ0) is 18.8. The molecule has 0 aliphatic rings. The number of pyridine rings is 1. The Hall–Kier alpha value is -3.25. The van der Waals surface area contributed by atoms with Crippen LogP contribution in [-0.2, 0) is 6.54 Å². The predicted molar refractivity (Wildman–Crippen MR) is 104 cm³/mol. The molecule has 3 heterocycles. The van der Waals surface area contributed by atoms with Crippen molar-refractivity contribution in [1.82, 2.24) is 20.3 Å².